The minimum Gasteiger partial charge on any atom is -0.355 e. The summed E-state index contributed by atoms with van der Waals surface area (Å²) in [6.45, 7) is 4.83. The van der Waals surface area contributed by atoms with E-state index in [1.54, 1.807) is 0 Å². The van der Waals surface area contributed by atoms with Gasteiger partial charge in [-0.15, -0.1) is 11.6 Å². The first-order chi connectivity index (χ1) is 9.54. The third-order valence-electron chi connectivity index (χ3n) is 4.46. The van der Waals surface area contributed by atoms with Crippen molar-refractivity contribution in [2.24, 2.45) is 5.41 Å². The molecule has 0 spiro atoms. The Hall–Kier alpha value is -1.02. The molecule has 2 nitrogen and oxygen atoms in total. The minimum absolute atomic E-state index is 0.107. The standard InChI is InChI=1S/C17H24ClNO/c1-13-5-6-14(2)15(9-13)10-16(20)19-12-17(11-18)7-3-4-8-17/h5-6,9H,3-4,7-8,10-12H2,1-2H3,(H,19,20). The lowest BCUT2D eigenvalue weighted by Gasteiger charge is -2.26. The fourth-order valence-electron chi connectivity index (χ4n) is 2.99. The van der Waals surface area contributed by atoms with Gasteiger partial charge >= 0.3 is 0 Å². The maximum atomic E-state index is 12.1. The van der Waals surface area contributed by atoms with Crippen LogP contribution in [0, 0.1) is 19.3 Å². The highest BCUT2D eigenvalue weighted by Crippen LogP contribution is 2.38. The average molecular weight is 294 g/mol. The molecule has 1 aliphatic rings. The third kappa shape index (κ3) is 3.76. The number of carbonyl (C=O) groups excluding carboxylic acids is 1. The third-order valence-corrected chi connectivity index (χ3v) is 5.03. The van der Waals surface area contributed by atoms with Crippen molar-refractivity contribution in [1.29, 1.82) is 0 Å². The number of hydrogen-bond donors (Lipinski definition) is 1. The van der Waals surface area contributed by atoms with E-state index in [1.807, 2.05) is 0 Å². The van der Waals surface area contributed by atoms with Gasteiger partial charge in [-0.3, -0.25) is 4.79 Å². The van der Waals surface area contributed by atoms with E-state index in [2.05, 4.69) is 37.4 Å². The van der Waals surface area contributed by atoms with Gasteiger partial charge in [0.25, 0.3) is 0 Å². The molecule has 0 aromatic heterocycles. The molecule has 1 N–H and O–H groups in total. The first kappa shape index (κ1) is 15.4. The van der Waals surface area contributed by atoms with Gasteiger partial charge in [0, 0.05) is 17.8 Å². The summed E-state index contributed by atoms with van der Waals surface area (Å²) in [5, 5.41) is 3.09. The molecule has 0 atom stereocenters. The second kappa shape index (κ2) is 6.62. The number of hydrogen-bond acceptors (Lipinski definition) is 1. The number of amides is 1. The predicted molar refractivity (Wildman–Crippen MR) is 84.3 cm³/mol. The SMILES string of the molecule is Cc1ccc(C)c(CC(=O)NCC2(CCl)CCCC2)c1. The molecule has 1 aliphatic carbocycles. The minimum atomic E-state index is 0.107. The van der Waals surface area contributed by atoms with Crippen LogP contribution in [0.1, 0.15) is 42.4 Å². The van der Waals surface area contributed by atoms with Crippen LogP contribution in [0.25, 0.3) is 0 Å². The van der Waals surface area contributed by atoms with Gasteiger partial charge < -0.3 is 5.32 Å². The Morgan fingerprint density at radius 3 is 2.65 bits per heavy atom. The number of nitrogens with one attached hydrogen (secondary N) is 1. The average Bonchev–Trinajstić information content (AvgIpc) is 2.90. The molecule has 0 aliphatic heterocycles. The molecule has 1 amide bonds. The number of alkyl halides is 1. The second-order valence-electron chi connectivity index (χ2n) is 6.22. The van der Waals surface area contributed by atoms with E-state index in [1.165, 1.54) is 24.0 Å². The van der Waals surface area contributed by atoms with Crippen LogP contribution in [0.4, 0.5) is 0 Å². The number of benzene rings is 1. The smallest absolute Gasteiger partial charge is 0.224 e. The summed E-state index contributed by atoms with van der Waals surface area (Å²) >= 11 is 6.10. The zero-order chi connectivity index (χ0) is 14.6. The molecular weight excluding hydrogens is 270 g/mol. The fraction of sp³-hybridized carbons (Fsp3) is 0.588. The normalized spacial score (nSPS) is 17.1. The number of rotatable bonds is 5. The molecule has 1 aromatic rings. The largest absolute Gasteiger partial charge is 0.355 e. The number of halogens is 1. The zero-order valence-corrected chi connectivity index (χ0v) is 13.2. The van der Waals surface area contributed by atoms with E-state index in [0.29, 0.717) is 12.3 Å². The molecule has 110 valence electrons. The lowest BCUT2D eigenvalue weighted by Crippen LogP contribution is -2.37. The molecule has 0 saturated heterocycles. The van der Waals surface area contributed by atoms with Crippen molar-refractivity contribution in [3.63, 3.8) is 0 Å². The molecule has 1 saturated carbocycles. The van der Waals surface area contributed by atoms with Crippen LogP contribution in [0.5, 0.6) is 0 Å². The van der Waals surface area contributed by atoms with Gasteiger partial charge in [-0.05, 0) is 37.8 Å². The Kier molecular flexibility index (Phi) is 5.09. The quantitative estimate of drug-likeness (QED) is 0.823. The molecule has 3 heteroatoms. The van der Waals surface area contributed by atoms with Crippen molar-refractivity contribution in [2.45, 2.75) is 46.0 Å². The highest BCUT2D eigenvalue weighted by atomic mass is 35.5. The van der Waals surface area contributed by atoms with E-state index in [-0.39, 0.29) is 11.3 Å². The topological polar surface area (TPSA) is 29.1 Å². The van der Waals surface area contributed by atoms with E-state index in [4.69, 9.17) is 11.6 Å². The zero-order valence-electron chi connectivity index (χ0n) is 12.5. The van der Waals surface area contributed by atoms with E-state index in [9.17, 15) is 4.79 Å². The van der Waals surface area contributed by atoms with Crippen LogP contribution in [-0.2, 0) is 11.2 Å². The Morgan fingerprint density at radius 2 is 2.00 bits per heavy atom. The Morgan fingerprint density at radius 1 is 1.30 bits per heavy atom. The van der Waals surface area contributed by atoms with E-state index >= 15 is 0 Å². The first-order valence-electron chi connectivity index (χ1n) is 7.43. The van der Waals surface area contributed by atoms with Gasteiger partial charge in [0.15, 0.2) is 0 Å². The predicted octanol–water partition coefficient (Wildman–Crippen LogP) is 3.76. The van der Waals surface area contributed by atoms with Crippen LogP contribution in [0.15, 0.2) is 18.2 Å². The van der Waals surface area contributed by atoms with Gasteiger partial charge in [-0.25, -0.2) is 0 Å². The lowest BCUT2D eigenvalue weighted by molar-refractivity contribution is -0.120. The van der Waals surface area contributed by atoms with Crippen molar-refractivity contribution >= 4 is 17.5 Å². The van der Waals surface area contributed by atoms with Crippen molar-refractivity contribution < 1.29 is 4.79 Å². The molecule has 2 rings (SSSR count). The molecule has 1 aromatic carbocycles. The molecular formula is C17H24ClNO. The fourth-order valence-corrected chi connectivity index (χ4v) is 3.36. The van der Waals surface area contributed by atoms with Crippen LogP contribution < -0.4 is 5.32 Å². The van der Waals surface area contributed by atoms with Crippen molar-refractivity contribution in [2.75, 3.05) is 12.4 Å². The Labute approximate surface area is 126 Å². The van der Waals surface area contributed by atoms with Crippen molar-refractivity contribution in [1.82, 2.24) is 5.32 Å². The summed E-state index contributed by atoms with van der Waals surface area (Å²) in [7, 11) is 0. The highest BCUT2D eigenvalue weighted by Gasteiger charge is 2.33. The van der Waals surface area contributed by atoms with Gasteiger partial charge in [0.1, 0.15) is 0 Å². The summed E-state index contributed by atoms with van der Waals surface area (Å²) in [4.78, 5) is 12.1. The summed E-state index contributed by atoms with van der Waals surface area (Å²) in [5.74, 6) is 0.756. The Bertz CT molecular complexity index is 478. The summed E-state index contributed by atoms with van der Waals surface area (Å²) < 4.78 is 0. The summed E-state index contributed by atoms with van der Waals surface area (Å²) in [6, 6.07) is 6.26. The van der Waals surface area contributed by atoms with Gasteiger partial charge in [-0.2, -0.15) is 0 Å². The summed E-state index contributed by atoms with van der Waals surface area (Å²) in [5.41, 5.74) is 3.64. The second-order valence-corrected chi connectivity index (χ2v) is 6.49. The van der Waals surface area contributed by atoms with Crippen molar-refractivity contribution in [3.05, 3.63) is 34.9 Å². The molecule has 1 fully saturated rings. The number of carbonyl (C=O) groups is 1. The molecule has 0 unspecified atom stereocenters. The molecule has 20 heavy (non-hydrogen) atoms. The van der Waals surface area contributed by atoms with Crippen LogP contribution in [0.3, 0.4) is 0 Å². The maximum absolute atomic E-state index is 12.1. The Balaban J connectivity index is 1.91. The molecule has 0 heterocycles. The van der Waals surface area contributed by atoms with Crippen molar-refractivity contribution in [3.8, 4) is 0 Å². The van der Waals surface area contributed by atoms with Crippen LogP contribution in [-0.4, -0.2) is 18.3 Å². The van der Waals surface area contributed by atoms with Crippen LogP contribution >= 0.6 is 11.6 Å². The summed E-state index contributed by atoms with van der Waals surface area (Å²) in [6.07, 6.45) is 5.21. The lowest BCUT2D eigenvalue weighted by atomic mass is 9.88. The first-order valence-corrected chi connectivity index (χ1v) is 7.97. The highest BCUT2D eigenvalue weighted by molar-refractivity contribution is 6.18. The van der Waals surface area contributed by atoms with Gasteiger partial charge in [0.2, 0.25) is 5.91 Å². The van der Waals surface area contributed by atoms with E-state index < -0.39 is 0 Å². The number of aryl methyl sites for hydroxylation is 2. The van der Waals surface area contributed by atoms with Crippen LogP contribution in [0.2, 0.25) is 0 Å². The van der Waals surface area contributed by atoms with Gasteiger partial charge in [0.05, 0.1) is 6.42 Å². The maximum Gasteiger partial charge on any atom is 0.224 e. The molecule has 0 radical (unpaired) electrons. The monoisotopic (exact) mass is 293 g/mol. The van der Waals surface area contributed by atoms with E-state index in [0.717, 1.165) is 24.9 Å². The molecule has 0 bridgehead atoms. The van der Waals surface area contributed by atoms with Gasteiger partial charge in [-0.1, -0.05) is 36.6 Å².